The van der Waals surface area contributed by atoms with Crippen LogP contribution in [0.25, 0.3) is 0 Å². The molecular weight excluding hydrogens is 192 g/mol. The number of hydrogen-bond donors (Lipinski definition) is 1. The smallest absolute Gasteiger partial charge is 0.0615 e. The molecule has 0 aromatic carbocycles. The van der Waals surface area contributed by atoms with Gasteiger partial charge in [-0.15, -0.1) is 0 Å². The molecule has 0 aromatic rings. The van der Waals surface area contributed by atoms with Crippen molar-refractivity contribution >= 4 is 0 Å². The van der Waals surface area contributed by atoms with Gasteiger partial charge in [0, 0.05) is 26.8 Å². The normalized spacial score (nSPS) is 13.4. The van der Waals surface area contributed by atoms with Crippen molar-refractivity contribution in [2.45, 2.75) is 19.4 Å². The molecule has 0 saturated heterocycles. The Hall–Kier alpha value is -0.160. The maximum absolute atomic E-state index is 5.11. The van der Waals surface area contributed by atoms with Gasteiger partial charge in [-0.3, -0.25) is 0 Å². The molecule has 0 aliphatic carbocycles. The summed E-state index contributed by atoms with van der Waals surface area (Å²) in [7, 11) is 5.61. The van der Waals surface area contributed by atoms with Crippen LogP contribution in [0.15, 0.2) is 0 Å². The molecule has 0 aliphatic rings. The molecule has 4 nitrogen and oxygen atoms in total. The van der Waals surface area contributed by atoms with Gasteiger partial charge in [0.2, 0.25) is 0 Å². The standard InChI is InChI=1S/C11H26N2O2/c1-11(10-15-4)13(2)8-5-6-12-7-9-14-3/h11-12H,5-10H2,1-4H3. The Morgan fingerprint density at radius 1 is 1.20 bits per heavy atom. The van der Waals surface area contributed by atoms with Gasteiger partial charge in [-0.25, -0.2) is 0 Å². The number of hydrogen-bond acceptors (Lipinski definition) is 4. The Bertz CT molecular complexity index is 134. The minimum absolute atomic E-state index is 0.494. The second kappa shape index (κ2) is 10.4. The van der Waals surface area contributed by atoms with E-state index < -0.39 is 0 Å². The fourth-order valence-electron chi connectivity index (χ4n) is 1.34. The van der Waals surface area contributed by atoms with Crippen LogP contribution in [-0.2, 0) is 9.47 Å². The lowest BCUT2D eigenvalue weighted by atomic mass is 10.3. The molecule has 0 heterocycles. The Morgan fingerprint density at radius 2 is 1.93 bits per heavy atom. The molecule has 1 unspecified atom stereocenters. The maximum atomic E-state index is 5.11. The van der Waals surface area contributed by atoms with Crippen LogP contribution in [0.5, 0.6) is 0 Å². The lowest BCUT2D eigenvalue weighted by Gasteiger charge is -2.23. The molecule has 0 amide bonds. The van der Waals surface area contributed by atoms with Crippen LogP contribution in [0.2, 0.25) is 0 Å². The molecule has 92 valence electrons. The van der Waals surface area contributed by atoms with Gasteiger partial charge < -0.3 is 19.7 Å². The monoisotopic (exact) mass is 218 g/mol. The van der Waals surface area contributed by atoms with Crippen molar-refractivity contribution in [1.82, 2.24) is 10.2 Å². The molecule has 0 fully saturated rings. The van der Waals surface area contributed by atoms with Crippen molar-refractivity contribution in [3.8, 4) is 0 Å². The highest BCUT2D eigenvalue weighted by Crippen LogP contribution is 1.96. The van der Waals surface area contributed by atoms with Crippen LogP contribution >= 0.6 is 0 Å². The average Bonchev–Trinajstić information content (AvgIpc) is 2.23. The van der Waals surface area contributed by atoms with E-state index in [0.717, 1.165) is 39.3 Å². The topological polar surface area (TPSA) is 33.7 Å². The number of likely N-dealkylation sites (N-methyl/N-ethyl adjacent to an activating group) is 1. The van der Waals surface area contributed by atoms with Crippen molar-refractivity contribution in [2.24, 2.45) is 0 Å². The van der Waals surface area contributed by atoms with Crippen molar-refractivity contribution < 1.29 is 9.47 Å². The molecule has 0 rings (SSSR count). The molecule has 1 atom stereocenters. The van der Waals surface area contributed by atoms with Gasteiger partial charge in [0.1, 0.15) is 0 Å². The number of ether oxygens (including phenoxy) is 2. The van der Waals surface area contributed by atoms with E-state index in [4.69, 9.17) is 9.47 Å². The average molecular weight is 218 g/mol. The van der Waals surface area contributed by atoms with Crippen molar-refractivity contribution in [3.05, 3.63) is 0 Å². The molecule has 0 aliphatic heterocycles. The van der Waals surface area contributed by atoms with E-state index in [1.807, 2.05) is 0 Å². The number of methoxy groups -OCH3 is 2. The summed E-state index contributed by atoms with van der Waals surface area (Å²) in [6, 6.07) is 0.494. The Kier molecular flexibility index (Phi) is 10.3. The van der Waals surface area contributed by atoms with Crippen LogP contribution < -0.4 is 5.32 Å². The van der Waals surface area contributed by atoms with Gasteiger partial charge in [0.15, 0.2) is 0 Å². The van der Waals surface area contributed by atoms with Crippen LogP contribution in [0.4, 0.5) is 0 Å². The van der Waals surface area contributed by atoms with E-state index in [9.17, 15) is 0 Å². The highest BCUT2D eigenvalue weighted by molar-refractivity contribution is 4.62. The fourth-order valence-corrected chi connectivity index (χ4v) is 1.34. The first kappa shape index (κ1) is 14.8. The third kappa shape index (κ3) is 8.81. The maximum Gasteiger partial charge on any atom is 0.0615 e. The van der Waals surface area contributed by atoms with Gasteiger partial charge in [0.05, 0.1) is 13.2 Å². The second-order valence-corrected chi connectivity index (χ2v) is 3.88. The highest BCUT2D eigenvalue weighted by Gasteiger charge is 2.07. The zero-order valence-electron chi connectivity index (χ0n) is 10.6. The van der Waals surface area contributed by atoms with Gasteiger partial charge in [0.25, 0.3) is 0 Å². The van der Waals surface area contributed by atoms with Crippen LogP contribution in [0, 0.1) is 0 Å². The van der Waals surface area contributed by atoms with E-state index in [0.29, 0.717) is 6.04 Å². The number of rotatable bonds is 10. The third-order valence-corrected chi connectivity index (χ3v) is 2.51. The molecule has 15 heavy (non-hydrogen) atoms. The first-order valence-electron chi connectivity index (χ1n) is 5.61. The van der Waals surface area contributed by atoms with Gasteiger partial charge >= 0.3 is 0 Å². The van der Waals surface area contributed by atoms with E-state index in [2.05, 4.69) is 24.2 Å². The van der Waals surface area contributed by atoms with Crippen molar-refractivity contribution in [3.63, 3.8) is 0 Å². The predicted octanol–water partition coefficient (Wildman–Crippen LogP) is 0.579. The van der Waals surface area contributed by atoms with Gasteiger partial charge in [-0.2, -0.15) is 0 Å². The summed E-state index contributed by atoms with van der Waals surface area (Å²) in [5, 5.41) is 3.33. The van der Waals surface area contributed by atoms with E-state index >= 15 is 0 Å². The molecule has 0 radical (unpaired) electrons. The number of nitrogens with one attached hydrogen (secondary N) is 1. The summed E-state index contributed by atoms with van der Waals surface area (Å²) in [5.41, 5.74) is 0. The molecule has 4 heteroatoms. The summed E-state index contributed by atoms with van der Waals surface area (Å²) >= 11 is 0. The quantitative estimate of drug-likeness (QED) is 0.544. The molecule has 1 N–H and O–H groups in total. The van der Waals surface area contributed by atoms with Gasteiger partial charge in [-0.05, 0) is 33.5 Å². The SMILES string of the molecule is COCCNCCCN(C)C(C)COC. The highest BCUT2D eigenvalue weighted by atomic mass is 16.5. The molecular formula is C11H26N2O2. The van der Waals surface area contributed by atoms with Crippen molar-refractivity contribution in [2.75, 3.05) is 54.1 Å². The molecule has 0 spiro atoms. The van der Waals surface area contributed by atoms with Crippen LogP contribution in [0.1, 0.15) is 13.3 Å². The lowest BCUT2D eigenvalue weighted by molar-refractivity contribution is 0.115. The summed E-state index contributed by atoms with van der Waals surface area (Å²) in [6.07, 6.45) is 1.16. The lowest BCUT2D eigenvalue weighted by Crippen LogP contribution is -2.34. The summed E-state index contributed by atoms with van der Waals surface area (Å²) in [4.78, 5) is 2.32. The van der Waals surface area contributed by atoms with Crippen LogP contribution in [-0.4, -0.2) is 65.1 Å². The minimum Gasteiger partial charge on any atom is -0.383 e. The molecule has 0 aromatic heterocycles. The van der Waals surface area contributed by atoms with E-state index in [-0.39, 0.29) is 0 Å². The molecule has 0 saturated carbocycles. The Morgan fingerprint density at radius 3 is 2.53 bits per heavy atom. The fraction of sp³-hybridized carbons (Fsp3) is 1.00. The van der Waals surface area contributed by atoms with E-state index in [1.165, 1.54) is 0 Å². The number of nitrogens with zero attached hydrogens (tertiary/aromatic N) is 1. The largest absolute Gasteiger partial charge is 0.383 e. The minimum atomic E-state index is 0.494. The Balaban J connectivity index is 3.26. The summed E-state index contributed by atoms with van der Waals surface area (Å²) < 4.78 is 10.1. The molecule has 0 bridgehead atoms. The first-order chi connectivity index (χ1) is 7.22. The summed E-state index contributed by atoms with van der Waals surface area (Å²) in [5.74, 6) is 0. The zero-order chi connectivity index (χ0) is 11.5. The zero-order valence-corrected chi connectivity index (χ0v) is 10.6. The Labute approximate surface area is 93.9 Å². The van der Waals surface area contributed by atoms with Crippen LogP contribution in [0.3, 0.4) is 0 Å². The van der Waals surface area contributed by atoms with E-state index in [1.54, 1.807) is 14.2 Å². The third-order valence-electron chi connectivity index (χ3n) is 2.51. The first-order valence-corrected chi connectivity index (χ1v) is 5.61. The van der Waals surface area contributed by atoms with Gasteiger partial charge in [-0.1, -0.05) is 0 Å². The predicted molar refractivity (Wildman–Crippen MR) is 63.3 cm³/mol. The second-order valence-electron chi connectivity index (χ2n) is 3.88. The van der Waals surface area contributed by atoms with Crippen molar-refractivity contribution in [1.29, 1.82) is 0 Å². The summed E-state index contributed by atoms with van der Waals surface area (Å²) in [6.45, 7) is 6.86.